The van der Waals surface area contributed by atoms with Gasteiger partial charge in [-0.15, -0.1) is 10.2 Å². The molecule has 2 aromatic carbocycles. The molecule has 0 fully saturated rings. The molecule has 0 saturated carbocycles. The third-order valence-electron chi connectivity index (χ3n) is 3.47. The summed E-state index contributed by atoms with van der Waals surface area (Å²) in [7, 11) is 1.50. The minimum Gasteiger partial charge on any atom is -0.496 e. The molecule has 0 atom stereocenters. The van der Waals surface area contributed by atoms with E-state index in [0.29, 0.717) is 16.9 Å². The molecule has 27 heavy (non-hydrogen) atoms. The minimum absolute atomic E-state index is 0.0327. The van der Waals surface area contributed by atoms with Gasteiger partial charge in [-0.05, 0) is 36.4 Å². The van der Waals surface area contributed by atoms with Crippen LogP contribution in [0.25, 0.3) is 11.5 Å². The van der Waals surface area contributed by atoms with Gasteiger partial charge in [-0.25, -0.2) is 0 Å². The first-order valence-corrected chi connectivity index (χ1v) is 8.73. The summed E-state index contributed by atoms with van der Waals surface area (Å²) in [6.45, 7) is -2.89. The summed E-state index contributed by atoms with van der Waals surface area (Å²) in [5.41, 5.74) is 1.02. The van der Waals surface area contributed by atoms with E-state index in [2.05, 4.69) is 14.9 Å². The van der Waals surface area contributed by atoms with Crippen molar-refractivity contribution in [2.75, 3.05) is 12.9 Å². The van der Waals surface area contributed by atoms with Gasteiger partial charge in [-0.3, -0.25) is 4.79 Å². The van der Waals surface area contributed by atoms with Crippen LogP contribution in [-0.2, 0) is 0 Å². The van der Waals surface area contributed by atoms with E-state index >= 15 is 0 Å². The lowest BCUT2D eigenvalue weighted by molar-refractivity contribution is -0.0498. The zero-order chi connectivity index (χ0) is 19.2. The van der Waals surface area contributed by atoms with Crippen LogP contribution in [0.3, 0.4) is 0 Å². The van der Waals surface area contributed by atoms with Crippen LogP contribution in [0.1, 0.15) is 10.4 Å². The number of Topliss-reactive ketones (excluding diaryl/α,β-unsaturated/α-hetero) is 1. The summed E-state index contributed by atoms with van der Waals surface area (Å²) < 4.78 is 39.3. The lowest BCUT2D eigenvalue weighted by atomic mass is 10.1. The Morgan fingerprint density at radius 3 is 2.59 bits per heavy atom. The number of methoxy groups -OCH3 is 1. The normalized spacial score (nSPS) is 10.8. The molecule has 0 N–H and O–H groups in total. The number of hydrogen-bond acceptors (Lipinski definition) is 7. The maximum atomic E-state index is 12.3. The quantitative estimate of drug-likeness (QED) is 0.417. The fraction of sp³-hybridized carbons (Fsp3) is 0.167. The number of para-hydroxylation sites is 1. The van der Waals surface area contributed by atoms with Gasteiger partial charge in [0.25, 0.3) is 5.22 Å². The first kappa shape index (κ1) is 18.8. The molecule has 6 nitrogen and oxygen atoms in total. The highest BCUT2D eigenvalue weighted by Crippen LogP contribution is 2.27. The molecule has 1 aromatic heterocycles. The third-order valence-corrected chi connectivity index (χ3v) is 4.29. The number of halogens is 2. The smallest absolute Gasteiger partial charge is 0.387 e. The molecule has 0 aliphatic heterocycles. The van der Waals surface area contributed by atoms with Crippen LogP contribution >= 0.6 is 11.8 Å². The third kappa shape index (κ3) is 4.82. The Morgan fingerprint density at radius 1 is 1.15 bits per heavy atom. The van der Waals surface area contributed by atoms with Gasteiger partial charge in [0.15, 0.2) is 5.78 Å². The largest absolute Gasteiger partial charge is 0.496 e. The number of benzene rings is 2. The highest BCUT2D eigenvalue weighted by molar-refractivity contribution is 7.99. The van der Waals surface area contributed by atoms with Crippen molar-refractivity contribution in [2.24, 2.45) is 0 Å². The number of hydrogen-bond donors (Lipinski definition) is 0. The van der Waals surface area contributed by atoms with E-state index in [1.54, 1.807) is 24.3 Å². The van der Waals surface area contributed by atoms with Crippen molar-refractivity contribution >= 4 is 17.5 Å². The Kier molecular flexibility index (Phi) is 6.02. The van der Waals surface area contributed by atoms with Gasteiger partial charge in [-0.1, -0.05) is 23.9 Å². The zero-order valence-electron chi connectivity index (χ0n) is 14.1. The van der Waals surface area contributed by atoms with E-state index < -0.39 is 6.61 Å². The predicted molar refractivity (Wildman–Crippen MR) is 94.4 cm³/mol. The van der Waals surface area contributed by atoms with Crippen molar-refractivity contribution in [3.05, 3.63) is 54.1 Å². The molecule has 0 spiro atoms. The standard InChI is InChI=1S/C18H14F2N2O4S/c1-24-15-5-3-2-4-13(15)14(23)10-27-18-22-21-16(26-18)11-6-8-12(9-7-11)25-17(19)20/h2-9,17H,10H2,1H3. The van der Waals surface area contributed by atoms with Crippen molar-refractivity contribution in [3.8, 4) is 23.0 Å². The van der Waals surface area contributed by atoms with Crippen LogP contribution in [0.2, 0.25) is 0 Å². The van der Waals surface area contributed by atoms with Crippen LogP contribution in [0.15, 0.2) is 58.2 Å². The number of carbonyl (C=O) groups is 1. The fourth-order valence-electron chi connectivity index (χ4n) is 2.24. The topological polar surface area (TPSA) is 74.5 Å². The molecule has 0 amide bonds. The van der Waals surface area contributed by atoms with Gasteiger partial charge in [0.2, 0.25) is 5.89 Å². The molecule has 0 unspecified atom stereocenters. The van der Waals surface area contributed by atoms with E-state index in [4.69, 9.17) is 9.15 Å². The Balaban J connectivity index is 1.63. The van der Waals surface area contributed by atoms with Crippen molar-refractivity contribution in [2.45, 2.75) is 11.8 Å². The molecule has 0 aliphatic carbocycles. The molecular formula is C18H14F2N2O4S. The van der Waals surface area contributed by atoms with Crippen molar-refractivity contribution in [1.82, 2.24) is 10.2 Å². The van der Waals surface area contributed by atoms with Gasteiger partial charge >= 0.3 is 6.61 Å². The number of thioether (sulfide) groups is 1. The summed E-state index contributed by atoms with van der Waals surface area (Å²) >= 11 is 1.10. The Bertz CT molecular complexity index is 916. The molecule has 0 aliphatic rings. The van der Waals surface area contributed by atoms with Crippen molar-refractivity contribution in [3.63, 3.8) is 0 Å². The molecular weight excluding hydrogens is 378 g/mol. The predicted octanol–water partition coefficient (Wildman–Crippen LogP) is 4.32. The maximum absolute atomic E-state index is 12.3. The molecule has 0 bridgehead atoms. The molecule has 1 heterocycles. The second kappa shape index (κ2) is 8.63. The number of alkyl halides is 2. The summed E-state index contributed by atoms with van der Waals surface area (Å²) in [4.78, 5) is 12.3. The van der Waals surface area contributed by atoms with Gasteiger partial charge in [0.1, 0.15) is 11.5 Å². The van der Waals surface area contributed by atoms with E-state index in [0.717, 1.165) is 11.8 Å². The van der Waals surface area contributed by atoms with Gasteiger partial charge in [0, 0.05) is 5.56 Å². The molecule has 140 valence electrons. The molecule has 9 heteroatoms. The van der Waals surface area contributed by atoms with Crippen LogP contribution in [0, 0.1) is 0 Å². The molecule has 0 saturated heterocycles. The average molecular weight is 392 g/mol. The number of carbonyl (C=O) groups excluding carboxylic acids is 1. The van der Waals surface area contributed by atoms with Crippen molar-refractivity contribution < 1.29 is 27.5 Å². The highest BCUT2D eigenvalue weighted by atomic mass is 32.2. The summed E-state index contributed by atoms with van der Waals surface area (Å²) in [6.07, 6.45) is 0. The van der Waals surface area contributed by atoms with Crippen molar-refractivity contribution in [1.29, 1.82) is 0 Å². The number of ketones is 1. The van der Waals surface area contributed by atoms with Gasteiger partial charge < -0.3 is 13.9 Å². The second-order valence-corrected chi connectivity index (χ2v) is 6.11. The number of aromatic nitrogens is 2. The minimum atomic E-state index is -2.89. The molecule has 0 radical (unpaired) electrons. The Labute approximate surface area is 157 Å². The Hall–Kier alpha value is -2.94. The number of nitrogens with zero attached hydrogens (tertiary/aromatic N) is 2. The second-order valence-electron chi connectivity index (χ2n) is 5.19. The van der Waals surface area contributed by atoms with E-state index in [1.807, 2.05) is 0 Å². The van der Waals surface area contributed by atoms with Gasteiger partial charge in [-0.2, -0.15) is 8.78 Å². The number of ether oxygens (including phenoxy) is 2. The fourth-order valence-corrected chi connectivity index (χ4v) is 2.89. The van der Waals surface area contributed by atoms with E-state index in [-0.39, 0.29) is 28.4 Å². The summed E-state index contributed by atoms with van der Waals surface area (Å²) in [6, 6.07) is 12.7. The first-order valence-electron chi connectivity index (χ1n) is 7.74. The first-order chi connectivity index (χ1) is 13.1. The van der Waals surface area contributed by atoms with Crippen LogP contribution < -0.4 is 9.47 Å². The maximum Gasteiger partial charge on any atom is 0.387 e. The lowest BCUT2D eigenvalue weighted by Gasteiger charge is -2.05. The monoisotopic (exact) mass is 392 g/mol. The molecule has 3 aromatic rings. The highest BCUT2D eigenvalue weighted by Gasteiger charge is 2.15. The zero-order valence-corrected chi connectivity index (χ0v) is 14.9. The van der Waals surface area contributed by atoms with E-state index in [1.165, 1.54) is 31.4 Å². The van der Waals surface area contributed by atoms with Crippen LogP contribution in [0.5, 0.6) is 11.5 Å². The summed E-state index contributed by atoms with van der Waals surface area (Å²) in [5, 5.41) is 8.01. The van der Waals surface area contributed by atoms with Crippen LogP contribution in [-0.4, -0.2) is 35.5 Å². The SMILES string of the molecule is COc1ccccc1C(=O)CSc1nnc(-c2ccc(OC(F)F)cc2)o1. The molecule has 3 rings (SSSR count). The lowest BCUT2D eigenvalue weighted by Crippen LogP contribution is -2.04. The number of rotatable bonds is 8. The average Bonchev–Trinajstić information content (AvgIpc) is 3.15. The van der Waals surface area contributed by atoms with Crippen LogP contribution in [0.4, 0.5) is 8.78 Å². The van der Waals surface area contributed by atoms with E-state index in [9.17, 15) is 13.6 Å². The summed E-state index contributed by atoms with van der Waals surface area (Å²) in [5.74, 6) is 0.714. The Morgan fingerprint density at radius 2 is 1.89 bits per heavy atom. The van der Waals surface area contributed by atoms with Gasteiger partial charge in [0.05, 0.1) is 18.4 Å².